The van der Waals surface area contributed by atoms with E-state index in [1.807, 2.05) is 0 Å². The molecule has 0 fully saturated rings. The van der Waals surface area contributed by atoms with Gasteiger partial charge in [0.2, 0.25) is 0 Å². The number of allylic oxidation sites excluding steroid dienone is 1. The molecular weight excluding hydrogens is 195 g/mol. The maximum absolute atomic E-state index is 10.7. The molecule has 10 heavy (non-hydrogen) atoms. The van der Waals surface area contributed by atoms with Crippen molar-refractivity contribution in [3.05, 3.63) is 21.8 Å². The normalized spacial score (nSPS) is 22.2. The monoisotopic (exact) mass is 198 g/mol. The molecule has 2 radical (unpaired) electrons. The number of carbonyl (C=O) groups is 1. The highest BCUT2D eigenvalue weighted by molar-refractivity contribution is 9.11. The van der Waals surface area contributed by atoms with Gasteiger partial charge in [0.15, 0.2) is 0 Å². The van der Waals surface area contributed by atoms with Gasteiger partial charge in [0.05, 0.1) is 0 Å². The quantitative estimate of drug-likeness (QED) is 0.433. The molecule has 0 aromatic heterocycles. The lowest BCUT2D eigenvalue weighted by molar-refractivity contribution is -0.133. The highest BCUT2D eigenvalue weighted by Crippen LogP contribution is 2.23. The van der Waals surface area contributed by atoms with E-state index >= 15 is 0 Å². The number of hydrogen-bond donors (Lipinski definition) is 0. The number of hydrogen-bond acceptors (Lipinski definition) is 2. The molecule has 1 heterocycles. The first-order valence-corrected chi connectivity index (χ1v) is 3.57. The zero-order valence-electron chi connectivity index (χ0n) is 5.35. The van der Waals surface area contributed by atoms with Crippen LogP contribution in [0, 0.1) is 0 Å². The predicted octanol–water partition coefficient (Wildman–Crippen LogP) is 1.22. The van der Waals surface area contributed by atoms with Crippen molar-refractivity contribution in [1.82, 2.24) is 0 Å². The summed E-state index contributed by atoms with van der Waals surface area (Å²) in [6.45, 7) is 1.63. The van der Waals surface area contributed by atoms with Crippen molar-refractivity contribution in [2.24, 2.45) is 0 Å². The highest BCUT2D eigenvalue weighted by Gasteiger charge is 2.21. The first-order chi connectivity index (χ1) is 4.66. The molecule has 4 heteroatoms. The lowest BCUT2D eigenvalue weighted by Gasteiger charge is -1.93. The van der Waals surface area contributed by atoms with Crippen LogP contribution in [-0.4, -0.2) is 13.8 Å². The Morgan fingerprint density at radius 2 is 2.30 bits per heavy atom. The molecule has 0 saturated heterocycles. The van der Waals surface area contributed by atoms with Crippen LogP contribution in [0.1, 0.15) is 6.92 Å². The van der Waals surface area contributed by atoms with Crippen LogP contribution in [0.15, 0.2) is 21.8 Å². The summed E-state index contributed by atoms with van der Waals surface area (Å²) in [4.78, 5) is 12.2. The standard InChI is InChI=1S/C6H4BBrO2/c1-3-5(7)4(2-8)10-6(3)9/h2H,1H3. The van der Waals surface area contributed by atoms with Crippen molar-refractivity contribution >= 4 is 29.7 Å². The van der Waals surface area contributed by atoms with Gasteiger partial charge >= 0.3 is 5.97 Å². The second-order valence-corrected chi connectivity index (χ2v) is 2.36. The van der Waals surface area contributed by atoms with E-state index in [1.165, 1.54) is 4.99 Å². The maximum atomic E-state index is 10.7. The van der Waals surface area contributed by atoms with Crippen LogP contribution in [0.3, 0.4) is 0 Å². The van der Waals surface area contributed by atoms with Crippen LogP contribution >= 0.6 is 15.9 Å². The van der Waals surface area contributed by atoms with Gasteiger partial charge in [0.25, 0.3) is 0 Å². The van der Waals surface area contributed by atoms with Crippen molar-refractivity contribution in [3.8, 4) is 0 Å². The molecule has 0 N–H and O–H groups in total. The fraction of sp³-hybridized carbons (Fsp3) is 0.167. The lowest BCUT2D eigenvalue weighted by atomic mass is 9.91. The second kappa shape index (κ2) is 2.62. The van der Waals surface area contributed by atoms with Gasteiger partial charge in [0, 0.05) is 10.6 Å². The van der Waals surface area contributed by atoms with Crippen LogP contribution in [0.25, 0.3) is 0 Å². The molecule has 0 atom stereocenters. The van der Waals surface area contributed by atoms with E-state index < -0.39 is 0 Å². The second-order valence-electron chi connectivity index (χ2n) is 1.90. The van der Waals surface area contributed by atoms with Gasteiger partial charge in [-0.05, 0) is 12.4 Å². The van der Waals surface area contributed by atoms with Gasteiger partial charge in [-0.25, -0.2) is 4.79 Å². The molecule has 0 spiro atoms. The molecular formula is C6H4BBrO2. The van der Waals surface area contributed by atoms with Crippen molar-refractivity contribution in [1.29, 1.82) is 0 Å². The molecule has 1 rings (SSSR count). The third-order valence-electron chi connectivity index (χ3n) is 1.28. The molecule has 0 saturated carbocycles. The van der Waals surface area contributed by atoms with E-state index in [4.69, 9.17) is 12.6 Å². The summed E-state index contributed by atoms with van der Waals surface area (Å²) in [6.07, 6.45) is 0. The van der Waals surface area contributed by atoms with Crippen LogP contribution in [0.4, 0.5) is 0 Å². The van der Waals surface area contributed by atoms with Crippen LogP contribution in [0.2, 0.25) is 0 Å². The summed E-state index contributed by atoms with van der Waals surface area (Å²) in [5.74, 6) is 0.0192. The smallest absolute Gasteiger partial charge is 0.338 e. The maximum Gasteiger partial charge on any atom is 0.338 e. The molecule has 0 aromatic carbocycles. The summed E-state index contributed by atoms with van der Waals surface area (Å²) in [7, 11) is 5.46. The molecule has 0 aromatic rings. The third-order valence-corrected chi connectivity index (χ3v) is 1.69. The molecule has 1 aliphatic rings. The van der Waals surface area contributed by atoms with Crippen molar-refractivity contribution < 1.29 is 9.53 Å². The van der Waals surface area contributed by atoms with E-state index in [1.54, 1.807) is 6.92 Å². The van der Waals surface area contributed by atoms with Gasteiger partial charge in [0.1, 0.15) is 13.6 Å². The first-order valence-electron chi connectivity index (χ1n) is 2.66. The van der Waals surface area contributed by atoms with E-state index in [2.05, 4.69) is 15.9 Å². The average Bonchev–Trinajstić information content (AvgIpc) is 2.17. The molecule has 1 aliphatic heterocycles. The van der Waals surface area contributed by atoms with E-state index in [0.717, 1.165) is 0 Å². The number of ether oxygens (including phenoxy) is 1. The summed E-state index contributed by atoms with van der Waals surface area (Å²) >= 11 is 3.02. The van der Waals surface area contributed by atoms with Crippen molar-refractivity contribution in [2.45, 2.75) is 6.92 Å². The lowest BCUT2D eigenvalue weighted by Crippen LogP contribution is -1.94. The Hall–Kier alpha value is -0.505. The third kappa shape index (κ3) is 1.03. The molecule has 50 valence electrons. The number of carbonyl (C=O) groups excluding carboxylic acids is 1. The molecule has 0 amide bonds. The zero-order chi connectivity index (χ0) is 7.72. The van der Waals surface area contributed by atoms with Crippen molar-refractivity contribution in [3.63, 3.8) is 0 Å². The largest absolute Gasteiger partial charge is 0.423 e. The van der Waals surface area contributed by atoms with E-state index in [-0.39, 0.29) is 5.97 Å². The molecule has 0 bridgehead atoms. The Kier molecular flexibility index (Phi) is 1.99. The van der Waals surface area contributed by atoms with Gasteiger partial charge in [-0.2, -0.15) is 0 Å². The number of rotatable bonds is 0. The van der Waals surface area contributed by atoms with Gasteiger partial charge < -0.3 is 4.74 Å². The topological polar surface area (TPSA) is 26.3 Å². The molecule has 0 unspecified atom stereocenters. The Labute approximate surface area is 68.5 Å². The van der Waals surface area contributed by atoms with E-state index in [0.29, 0.717) is 16.8 Å². The minimum Gasteiger partial charge on any atom is -0.423 e. The summed E-state index contributed by atoms with van der Waals surface area (Å²) in [6, 6.07) is 0. The Balaban J connectivity index is 3.06. The SMILES string of the molecule is [B]C1=C(C)C(=O)OC1=CBr. The summed E-state index contributed by atoms with van der Waals surface area (Å²) in [5.41, 5.74) is 0.868. The fourth-order valence-corrected chi connectivity index (χ4v) is 0.947. The Morgan fingerprint density at radius 1 is 1.70 bits per heavy atom. The predicted molar refractivity (Wildman–Crippen MR) is 41.6 cm³/mol. The first kappa shape index (κ1) is 7.60. The van der Waals surface area contributed by atoms with Gasteiger partial charge in [-0.1, -0.05) is 15.9 Å². The van der Waals surface area contributed by atoms with Gasteiger partial charge in [-0.3, -0.25) is 0 Å². The highest BCUT2D eigenvalue weighted by atomic mass is 79.9. The molecule has 2 nitrogen and oxygen atoms in total. The number of halogens is 1. The number of cyclic esters (lactones) is 1. The Bertz CT molecular complexity index is 242. The Morgan fingerprint density at radius 3 is 2.50 bits per heavy atom. The van der Waals surface area contributed by atoms with Crippen LogP contribution in [-0.2, 0) is 9.53 Å². The number of esters is 1. The van der Waals surface area contributed by atoms with Crippen molar-refractivity contribution in [2.75, 3.05) is 0 Å². The molecule has 0 aliphatic carbocycles. The van der Waals surface area contributed by atoms with Crippen LogP contribution in [0.5, 0.6) is 0 Å². The summed E-state index contributed by atoms with van der Waals surface area (Å²) < 4.78 is 4.71. The van der Waals surface area contributed by atoms with Crippen LogP contribution < -0.4 is 0 Å². The zero-order valence-corrected chi connectivity index (χ0v) is 6.94. The fourth-order valence-electron chi connectivity index (χ4n) is 0.607. The average molecular weight is 199 g/mol. The minimum atomic E-state index is -0.372. The van der Waals surface area contributed by atoms with Gasteiger partial charge in [-0.15, -0.1) is 0 Å². The minimum absolute atomic E-state index is 0.372. The summed E-state index contributed by atoms with van der Waals surface area (Å²) in [5, 5.41) is 0. The van der Waals surface area contributed by atoms with E-state index in [9.17, 15) is 4.79 Å².